The van der Waals surface area contributed by atoms with Crippen LogP contribution in [0.1, 0.15) is 12.0 Å². The van der Waals surface area contributed by atoms with E-state index in [4.69, 9.17) is 0 Å². The molecule has 3 aliphatic rings. The molecular formula is C15H18N4O2. The molecule has 0 radical (unpaired) electrons. The molecule has 2 atom stereocenters. The van der Waals surface area contributed by atoms with Crippen molar-refractivity contribution in [3.8, 4) is 0 Å². The number of aryl methyl sites for hydroxylation is 1. The van der Waals surface area contributed by atoms with Crippen molar-refractivity contribution < 1.29 is 9.59 Å². The average molecular weight is 286 g/mol. The van der Waals surface area contributed by atoms with Gasteiger partial charge in [-0.25, -0.2) is 9.78 Å². The third kappa shape index (κ3) is 2.05. The van der Waals surface area contributed by atoms with Crippen LogP contribution in [0.4, 0.5) is 10.6 Å². The lowest BCUT2D eigenvalue weighted by Crippen LogP contribution is -2.52. The first-order valence-electron chi connectivity index (χ1n) is 7.41. The van der Waals surface area contributed by atoms with E-state index in [0.29, 0.717) is 30.8 Å². The summed E-state index contributed by atoms with van der Waals surface area (Å²) >= 11 is 0. The molecule has 110 valence electrons. The lowest BCUT2D eigenvalue weighted by Gasteiger charge is -2.30. The number of carbonyl (C=O) groups excluding carboxylic acids is 2. The van der Waals surface area contributed by atoms with Crippen LogP contribution < -0.4 is 10.2 Å². The summed E-state index contributed by atoms with van der Waals surface area (Å²) in [6, 6.07) is 4.22. The second-order valence-corrected chi connectivity index (χ2v) is 6.21. The van der Waals surface area contributed by atoms with Crippen LogP contribution in [0.5, 0.6) is 0 Å². The van der Waals surface area contributed by atoms with Crippen molar-refractivity contribution in [2.24, 2.45) is 11.8 Å². The first-order valence-corrected chi connectivity index (χ1v) is 7.41. The Morgan fingerprint density at radius 1 is 1.24 bits per heavy atom. The number of nitrogens with one attached hydrogen (secondary N) is 1. The molecule has 2 saturated heterocycles. The van der Waals surface area contributed by atoms with Crippen molar-refractivity contribution in [1.29, 1.82) is 0 Å². The molecule has 6 heteroatoms. The summed E-state index contributed by atoms with van der Waals surface area (Å²) in [5, 5.41) is 2.41. The fourth-order valence-corrected chi connectivity index (χ4v) is 3.65. The molecule has 1 aliphatic carbocycles. The van der Waals surface area contributed by atoms with Gasteiger partial charge in [-0.1, -0.05) is 6.07 Å². The van der Waals surface area contributed by atoms with Crippen LogP contribution in [0.3, 0.4) is 0 Å². The monoisotopic (exact) mass is 286 g/mol. The zero-order chi connectivity index (χ0) is 14.6. The van der Waals surface area contributed by atoms with Gasteiger partial charge in [0, 0.05) is 50.1 Å². The minimum Gasteiger partial charge on any atom is -0.356 e. The maximum atomic E-state index is 11.9. The third-order valence-electron chi connectivity index (χ3n) is 4.82. The van der Waals surface area contributed by atoms with Crippen molar-refractivity contribution in [2.75, 3.05) is 24.5 Å². The minimum absolute atomic E-state index is 0.160. The van der Waals surface area contributed by atoms with Crippen LogP contribution in [0.25, 0.3) is 0 Å². The number of urea groups is 1. The molecule has 0 spiro atoms. The molecule has 21 heavy (non-hydrogen) atoms. The van der Waals surface area contributed by atoms with Gasteiger partial charge >= 0.3 is 6.03 Å². The fraction of sp³-hybridized carbons (Fsp3) is 0.533. The zero-order valence-electron chi connectivity index (χ0n) is 12.0. The molecule has 1 saturated carbocycles. The Bertz CT molecular complexity index is 588. The SMILES string of the molecule is Cc1ccc(N2CC3C(C2)C3N2CCC(=O)NC2=O)nc1. The van der Waals surface area contributed by atoms with Crippen molar-refractivity contribution in [1.82, 2.24) is 15.2 Å². The lowest BCUT2D eigenvalue weighted by atomic mass is 10.2. The van der Waals surface area contributed by atoms with Crippen LogP contribution in [0.2, 0.25) is 0 Å². The molecule has 4 rings (SSSR count). The maximum absolute atomic E-state index is 11.9. The number of nitrogens with zero attached hydrogens (tertiary/aromatic N) is 3. The molecule has 0 bridgehead atoms. The van der Waals surface area contributed by atoms with E-state index in [1.54, 1.807) is 0 Å². The highest BCUT2D eigenvalue weighted by atomic mass is 16.2. The summed E-state index contributed by atoms with van der Waals surface area (Å²) in [7, 11) is 0. The number of anilines is 1. The largest absolute Gasteiger partial charge is 0.356 e. The van der Waals surface area contributed by atoms with E-state index in [1.807, 2.05) is 18.0 Å². The summed E-state index contributed by atoms with van der Waals surface area (Å²) < 4.78 is 0. The fourth-order valence-electron chi connectivity index (χ4n) is 3.65. The first kappa shape index (κ1) is 12.6. The van der Waals surface area contributed by atoms with Crippen molar-refractivity contribution in [2.45, 2.75) is 19.4 Å². The number of piperidine rings is 1. The second-order valence-electron chi connectivity index (χ2n) is 6.21. The third-order valence-corrected chi connectivity index (χ3v) is 4.82. The van der Waals surface area contributed by atoms with E-state index < -0.39 is 0 Å². The maximum Gasteiger partial charge on any atom is 0.324 e. The highest BCUT2D eigenvalue weighted by Crippen LogP contribution is 2.50. The Morgan fingerprint density at radius 2 is 2.00 bits per heavy atom. The van der Waals surface area contributed by atoms with Crippen LogP contribution >= 0.6 is 0 Å². The number of pyridine rings is 1. The van der Waals surface area contributed by atoms with Crippen LogP contribution in [-0.2, 0) is 4.79 Å². The van der Waals surface area contributed by atoms with Gasteiger partial charge in [0.25, 0.3) is 0 Å². The zero-order valence-corrected chi connectivity index (χ0v) is 12.0. The number of hydrogen-bond acceptors (Lipinski definition) is 4. The summed E-state index contributed by atoms with van der Waals surface area (Å²) in [5.41, 5.74) is 1.16. The molecule has 3 heterocycles. The Labute approximate surface area is 123 Å². The van der Waals surface area contributed by atoms with Crippen molar-refractivity contribution >= 4 is 17.8 Å². The van der Waals surface area contributed by atoms with E-state index in [-0.39, 0.29) is 11.9 Å². The predicted molar refractivity (Wildman–Crippen MR) is 76.8 cm³/mol. The van der Waals surface area contributed by atoms with E-state index in [2.05, 4.69) is 27.3 Å². The Balaban J connectivity index is 1.40. The molecule has 6 nitrogen and oxygen atoms in total. The van der Waals surface area contributed by atoms with E-state index in [9.17, 15) is 9.59 Å². The molecule has 3 fully saturated rings. The number of rotatable bonds is 2. The molecule has 3 amide bonds. The van der Waals surface area contributed by atoms with Crippen LogP contribution in [0.15, 0.2) is 18.3 Å². The van der Waals surface area contributed by atoms with E-state index in [0.717, 1.165) is 24.5 Å². The Hall–Kier alpha value is -2.11. The standard InChI is InChI=1S/C15H18N4O2/c1-9-2-3-12(16-6-9)18-7-10-11(8-18)14(10)19-5-4-13(20)17-15(19)21/h2-3,6,10-11,14H,4-5,7-8H2,1H3,(H,17,20,21). The quantitative estimate of drug-likeness (QED) is 0.872. The molecule has 2 unspecified atom stereocenters. The van der Waals surface area contributed by atoms with E-state index >= 15 is 0 Å². The van der Waals surface area contributed by atoms with Crippen molar-refractivity contribution in [3.63, 3.8) is 0 Å². The lowest BCUT2D eigenvalue weighted by molar-refractivity contribution is -0.121. The second kappa shape index (κ2) is 4.44. The van der Waals surface area contributed by atoms with Gasteiger partial charge < -0.3 is 9.80 Å². The van der Waals surface area contributed by atoms with Gasteiger partial charge in [-0.3, -0.25) is 10.1 Å². The first-order chi connectivity index (χ1) is 10.1. The average Bonchev–Trinajstić information content (AvgIpc) is 2.93. The molecular weight excluding hydrogens is 268 g/mol. The molecule has 1 aromatic heterocycles. The van der Waals surface area contributed by atoms with Gasteiger partial charge in [0.15, 0.2) is 0 Å². The minimum atomic E-state index is -0.217. The normalized spacial score (nSPS) is 31.2. The number of imide groups is 1. The molecule has 1 N–H and O–H groups in total. The number of hydrogen-bond donors (Lipinski definition) is 1. The summed E-state index contributed by atoms with van der Waals surface area (Å²) in [6.07, 6.45) is 2.31. The number of carbonyl (C=O) groups is 2. The van der Waals surface area contributed by atoms with Crippen LogP contribution in [-0.4, -0.2) is 47.5 Å². The molecule has 2 aliphatic heterocycles. The number of fused-ring (bicyclic) bond motifs is 1. The summed E-state index contributed by atoms with van der Waals surface area (Å²) in [6.45, 7) is 4.49. The Morgan fingerprint density at radius 3 is 2.62 bits per heavy atom. The molecule has 0 aromatic carbocycles. The highest BCUT2D eigenvalue weighted by molar-refractivity contribution is 5.97. The van der Waals surface area contributed by atoms with Gasteiger partial charge in [0.2, 0.25) is 5.91 Å². The van der Waals surface area contributed by atoms with Gasteiger partial charge in [0.1, 0.15) is 5.82 Å². The smallest absolute Gasteiger partial charge is 0.324 e. The summed E-state index contributed by atoms with van der Waals surface area (Å²) in [4.78, 5) is 31.7. The Kier molecular flexibility index (Phi) is 2.67. The topological polar surface area (TPSA) is 65.5 Å². The van der Waals surface area contributed by atoms with Crippen molar-refractivity contribution in [3.05, 3.63) is 23.9 Å². The number of aromatic nitrogens is 1. The van der Waals surface area contributed by atoms with Gasteiger partial charge in [-0.2, -0.15) is 0 Å². The number of amides is 3. The van der Waals surface area contributed by atoms with Gasteiger partial charge in [0.05, 0.1) is 0 Å². The molecule has 1 aromatic rings. The summed E-state index contributed by atoms with van der Waals surface area (Å²) in [5.74, 6) is 1.90. The van der Waals surface area contributed by atoms with E-state index in [1.165, 1.54) is 0 Å². The van der Waals surface area contributed by atoms with Gasteiger partial charge in [-0.15, -0.1) is 0 Å². The highest BCUT2D eigenvalue weighted by Gasteiger charge is 2.60. The predicted octanol–water partition coefficient (Wildman–Crippen LogP) is 0.767. The van der Waals surface area contributed by atoms with Crippen LogP contribution in [0, 0.1) is 18.8 Å². The van der Waals surface area contributed by atoms with Gasteiger partial charge in [-0.05, 0) is 18.6 Å².